The second-order valence-corrected chi connectivity index (χ2v) is 3.25. The van der Waals surface area contributed by atoms with E-state index in [-0.39, 0.29) is 11.3 Å². The lowest BCUT2D eigenvalue weighted by Gasteiger charge is -2.03. The van der Waals surface area contributed by atoms with Crippen molar-refractivity contribution in [2.24, 2.45) is 0 Å². The number of nitrogens with zero attached hydrogens (tertiary/aromatic N) is 1. The Morgan fingerprint density at radius 3 is 2.19 bits per heavy atom. The fourth-order valence-corrected chi connectivity index (χ4v) is 1.05. The number of hydrogen-bond donors (Lipinski definition) is 0. The van der Waals surface area contributed by atoms with Crippen LogP contribution in [0.5, 0.6) is 0 Å². The molecule has 0 amide bonds. The van der Waals surface area contributed by atoms with E-state index in [2.05, 4.69) is 0 Å². The Balaban J connectivity index is 2.96. The van der Waals surface area contributed by atoms with E-state index in [1.807, 2.05) is 0 Å². The molecule has 0 N–H and O–H groups in total. The van der Waals surface area contributed by atoms with E-state index in [9.17, 15) is 23.3 Å². The van der Waals surface area contributed by atoms with Crippen molar-refractivity contribution in [1.82, 2.24) is 0 Å². The highest BCUT2D eigenvalue weighted by Crippen LogP contribution is 2.30. The summed E-state index contributed by atoms with van der Waals surface area (Å²) in [6, 6.07) is 4.58. The summed E-state index contributed by atoms with van der Waals surface area (Å²) in [5.41, 5.74) is -0.0480. The molecule has 0 saturated carbocycles. The average molecular weight is 252 g/mol. The molecule has 0 aliphatic carbocycles. The van der Waals surface area contributed by atoms with Crippen molar-refractivity contribution < 1.29 is 18.1 Å². The van der Waals surface area contributed by atoms with E-state index in [0.29, 0.717) is 6.08 Å². The van der Waals surface area contributed by atoms with Gasteiger partial charge in [0, 0.05) is 12.1 Å². The zero-order valence-corrected chi connectivity index (χ0v) is 8.42. The van der Waals surface area contributed by atoms with Crippen LogP contribution in [-0.2, 0) is 0 Å². The maximum absolute atomic E-state index is 12.0. The fourth-order valence-electron chi connectivity index (χ4n) is 0.920. The van der Waals surface area contributed by atoms with E-state index < -0.39 is 16.1 Å². The molecule has 0 heterocycles. The number of halogens is 4. The number of nitro groups is 1. The molecule has 0 bridgehead atoms. The van der Waals surface area contributed by atoms with Gasteiger partial charge in [-0.1, -0.05) is 11.6 Å². The Bertz CT molecular complexity index is 425. The summed E-state index contributed by atoms with van der Waals surface area (Å²) < 4.78 is 36.1. The van der Waals surface area contributed by atoms with Gasteiger partial charge in [0.25, 0.3) is 5.69 Å². The first-order valence-electron chi connectivity index (χ1n) is 3.99. The van der Waals surface area contributed by atoms with Crippen LogP contribution in [-0.4, -0.2) is 11.1 Å². The molecular formula is C9H5ClF3NO2. The highest BCUT2D eigenvalue weighted by atomic mass is 35.5. The van der Waals surface area contributed by atoms with Crippen LogP contribution in [0.4, 0.5) is 18.9 Å². The van der Waals surface area contributed by atoms with Gasteiger partial charge in [0.1, 0.15) is 5.03 Å². The molecule has 1 rings (SSSR count). The number of nitro benzene ring substituents is 1. The minimum Gasteiger partial charge on any atom is -0.258 e. The van der Waals surface area contributed by atoms with Gasteiger partial charge in [0.05, 0.1) is 4.92 Å². The van der Waals surface area contributed by atoms with Crippen LogP contribution in [0.1, 0.15) is 5.56 Å². The van der Waals surface area contributed by atoms with E-state index in [1.54, 1.807) is 0 Å². The van der Waals surface area contributed by atoms with Gasteiger partial charge < -0.3 is 0 Å². The quantitative estimate of drug-likeness (QED) is 0.594. The Morgan fingerprint density at radius 2 is 1.81 bits per heavy atom. The molecule has 86 valence electrons. The van der Waals surface area contributed by atoms with Crippen molar-refractivity contribution in [2.45, 2.75) is 6.18 Å². The monoisotopic (exact) mass is 251 g/mol. The van der Waals surface area contributed by atoms with E-state index >= 15 is 0 Å². The van der Waals surface area contributed by atoms with Crippen LogP contribution >= 0.6 is 11.6 Å². The Labute approximate surface area is 93.3 Å². The number of rotatable bonds is 2. The van der Waals surface area contributed by atoms with Gasteiger partial charge in [-0.3, -0.25) is 10.1 Å². The molecule has 7 heteroatoms. The van der Waals surface area contributed by atoms with Crippen LogP contribution < -0.4 is 0 Å². The summed E-state index contributed by atoms with van der Waals surface area (Å²) in [6.07, 6.45) is -3.91. The second kappa shape index (κ2) is 4.52. The second-order valence-electron chi connectivity index (χ2n) is 2.84. The first-order valence-corrected chi connectivity index (χ1v) is 4.37. The molecule has 3 nitrogen and oxygen atoms in total. The molecule has 0 fully saturated rings. The van der Waals surface area contributed by atoms with E-state index in [0.717, 1.165) is 12.1 Å². The molecule has 1 aromatic rings. The maximum Gasteiger partial charge on any atom is 0.426 e. The van der Waals surface area contributed by atoms with E-state index in [1.165, 1.54) is 12.1 Å². The molecule has 0 aromatic heterocycles. The molecular weight excluding hydrogens is 247 g/mol. The van der Waals surface area contributed by atoms with Crippen LogP contribution in [0.25, 0.3) is 6.08 Å². The zero-order valence-electron chi connectivity index (χ0n) is 7.66. The molecule has 0 radical (unpaired) electrons. The topological polar surface area (TPSA) is 43.1 Å². The normalized spacial score (nSPS) is 12.6. The lowest BCUT2D eigenvalue weighted by atomic mass is 10.2. The molecule has 16 heavy (non-hydrogen) atoms. The summed E-state index contributed by atoms with van der Waals surface area (Å²) >= 11 is 5.00. The number of benzene rings is 1. The summed E-state index contributed by atoms with van der Waals surface area (Å²) in [5.74, 6) is 0. The molecule has 0 saturated heterocycles. The highest BCUT2D eigenvalue weighted by molar-refractivity contribution is 6.32. The summed E-state index contributed by atoms with van der Waals surface area (Å²) in [5, 5.41) is 9.00. The molecule has 0 aliphatic rings. The van der Waals surface area contributed by atoms with Gasteiger partial charge >= 0.3 is 6.18 Å². The predicted molar refractivity (Wildman–Crippen MR) is 53.0 cm³/mol. The molecule has 0 unspecified atom stereocenters. The van der Waals surface area contributed by atoms with Crippen molar-refractivity contribution in [2.75, 3.05) is 0 Å². The standard InChI is InChI=1S/C9H5ClF3NO2/c10-8(9(11,12)13)5-6-1-3-7(4-2-6)14(15)16/h1-5H. The largest absolute Gasteiger partial charge is 0.426 e. The van der Waals surface area contributed by atoms with Crippen molar-refractivity contribution in [3.8, 4) is 0 Å². The number of alkyl halides is 3. The van der Waals surface area contributed by atoms with Gasteiger partial charge in [0.2, 0.25) is 0 Å². The third-order valence-corrected chi connectivity index (χ3v) is 1.99. The van der Waals surface area contributed by atoms with Crippen molar-refractivity contribution in [3.63, 3.8) is 0 Å². The molecule has 1 aromatic carbocycles. The van der Waals surface area contributed by atoms with Gasteiger partial charge in [-0.2, -0.15) is 13.2 Å². The first-order chi connectivity index (χ1) is 7.30. The zero-order chi connectivity index (χ0) is 12.3. The van der Waals surface area contributed by atoms with Crippen LogP contribution in [0, 0.1) is 10.1 Å². The SMILES string of the molecule is O=[N+]([O-])c1ccc(C=C(Cl)C(F)(F)F)cc1. The van der Waals surface area contributed by atoms with Crippen molar-refractivity contribution in [1.29, 1.82) is 0 Å². The average Bonchev–Trinajstić information content (AvgIpc) is 2.17. The molecule has 0 atom stereocenters. The van der Waals surface area contributed by atoms with Crippen molar-refractivity contribution >= 4 is 23.4 Å². The summed E-state index contributed by atoms with van der Waals surface area (Å²) in [6.45, 7) is 0. The van der Waals surface area contributed by atoms with Gasteiger partial charge in [-0.25, -0.2) is 0 Å². The lowest BCUT2D eigenvalue weighted by Crippen LogP contribution is -2.06. The van der Waals surface area contributed by atoms with Gasteiger partial charge in [0.15, 0.2) is 0 Å². The lowest BCUT2D eigenvalue weighted by molar-refractivity contribution is -0.384. The summed E-state index contributed by atoms with van der Waals surface area (Å²) in [7, 11) is 0. The fraction of sp³-hybridized carbons (Fsp3) is 0.111. The minimum atomic E-state index is -4.61. The van der Waals surface area contributed by atoms with E-state index in [4.69, 9.17) is 11.6 Å². The predicted octanol–water partition coefficient (Wildman–Crippen LogP) is 3.74. The first kappa shape index (κ1) is 12.5. The minimum absolute atomic E-state index is 0.146. The highest BCUT2D eigenvalue weighted by Gasteiger charge is 2.32. The van der Waals surface area contributed by atoms with Crippen molar-refractivity contribution in [3.05, 3.63) is 45.0 Å². The van der Waals surface area contributed by atoms with Crippen LogP contribution in [0.15, 0.2) is 29.3 Å². The number of hydrogen-bond acceptors (Lipinski definition) is 2. The summed E-state index contributed by atoms with van der Waals surface area (Å²) in [4.78, 5) is 9.64. The number of non-ortho nitro benzene ring substituents is 1. The van der Waals surface area contributed by atoms with Crippen LogP contribution in [0.2, 0.25) is 0 Å². The van der Waals surface area contributed by atoms with Gasteiger partial charge in [-0.05, 0) is 23.8 Å². The van der Waals surface area contributed by atoms with Gasteiger partial charge in [-0.15, -0.1) is 0 Å². The van der Waals surface area contributed by atoms with Crippen LogP contribution in [0.3, 0.4) is 0 Å². The third-order valence-electron chi connectivity index (χ3n) is 1.67. The Morgan fingerprint density at radius 1 is 1.31 bits per heavy atom. The Kier molecular flexibility index (Phi) is 3.54. The Hall–Kier alpha value is -1.56. The smallest absolute Gasteiger partial charge is 0.258 e. The number of allylic oxidation sites excluding steroid dienone is 1. The third kappa shape index (κ3) is 3.23. The molecule has 0 spiro atoms. The molecule has 0 aliphatic heterocycles. The maximum atomic E-state index is 12.0.